The number of rotatable bonds is 2. The van der Waals surface area contributed by atoms with Gasteiger partial charge in [0.1, 0.15) is 0 Å². The lowest BCUT2D eigenvalue weighted by Crippen LogP contribution is -2.35. The molecule has 2 nitrogen and oxygen atoms in total. The molecule has 23 heavy (non-hydrogen) atoms. The summed E-state index contributed by atoms with van der Waals surface area (Å²) in [7, 11) is 2.27. The zero-order chi connectivity index (χ0) is 16.0. The second-order valence-electron chi connectivity index (χ2n) is 6.90. The van der Waals surface area contributed by atoms with Crippen molar-refractivity contribution in [2.75, 3.05) is 18.5 Å². The van der Waals surface area contributed by atoms with Gasteiger partial charge in [-0.25, -0.2) is 0 Å². The van der Waals surface area contributed by atoms with E-state index >= 15 is 0 Å². The molecule has 120 valence electrons. The molecule has 1 saturated heterocycles. The molecule has 2 aromatic carbocycles. The van der Waals surface area contributed by atoms with Gasteiger partial charge in [-0.3, -0.25) is 0 Å². The number of para-hydroxylation sites is 2. The van der Waals surface area contributed by atoms with Gasteiger partial charge in [0, 0.05) is 28.4 Å². The first-order valence-electron chi connectivity index (χ1n) is 8.50. The average Bonchev–Trinajstić information content (AvgIpc) is 2.81. The third-order valence-corrected chi connectivity index (χ3v) is 6.74. The minimum absolute atomic E-state index is 0.638. The van der Waals surface area contributed by atoms with Crippen molar-refractivity contribution in [3.63, 3.8) is 0 Å². The van der Waals surface area contributed by atoms with Gasteiger partial charge in [0.05, 0.1) is 11.4 Å². The highest BCUT2D eigenvalue weighted by molar-refractivity contribution is 7.99. The molecule has 0 spiro atoms. The van der Waals surface area contributed by atoms with Gasteiger partial charge in [-0.15, -0.1) is 0 Å². The molecule has 0 unspecified atom stereocenters. The van der Waals surface area contributed by atoms with Gasteiger partial charge in [0.25, 0.3) is 0 Å². The minimum Gasteiger partial charge on any atom is -0.339 e. The highest BCUT2D eigenvalue weighted by atomic mass is 32.2. The second kappa shape index (κ2) is 5.88. The Hall–Kier alpha value is -1.45. The van der Waals surface area contributed by atoms with Crippen LogP contribution in [0.1, 0.15) is 20.3 Å². The Labute approximate surface area is 143 Å². The molecule has 2 aromatic rings. The van der Waals surface area contributed by atoms with E-state index in [2.05, 4.69) is 79.2 Å². The molecule has 3 heteroatoms. The second-order valence-corrected chi connectivity index (χ2v) is 7.98. The van der Waals surface area contributed by atoms with Crippen LogP contribution in [0.2, 0.25) is 0 Å². The fourth-order valence-corrected chi connectivity index (χ4v) is 5.07. The summed E-state index contributed by atoms with van der Waals surface area (Å²) in [4.78, 5) is 7.83. The van der Waals surface area contributed by atoms with E-state index in [9.17, 15) is 0 Å². The van der Waals surface area contributed by atoms with E-state index in [-0.39, 0.29) is 0 Å². The van der Waals surface area contributed by atoms with Crippen LogP contribution in [0.3, 0.4) is 0 Å². The Bertz CT molecular complexity index is 669. The number of anilines is 2. The third-order valence-electron chi connectivity index (χ3n) is 5.61. The molecule has 2 aliphatic rings. The zero-order valence-corrected chi connectivity index (χ0v) is 14.9. The van der Waals surface area contributed by atoms with E-state index in [4.69, 9.17) is 0 Å². The summed E-state index contributed by atoms with van der Waals surface area (Å²) in [6.45, 7) is 5.83. The quantitative estimate of drug-likeness (QED) is 0.766. The van der Waals surface area contributed by atoms with E-state index < -0.39 is 0 Å². The van der Waals surface area contributed by atoms with Crippen LogP contribution in [-0.4, -0.2) is 30.6 Å². The lowest BCUT2D eigenvalue weighted by molar-refractivity contribution is 0.250. The van der Waals surface area contributed by atoms with E-state index in [0.717, 1.165) is 6.54 Å². The SMILES string of the molecule is C[C@H]1C[C@H](CN2c3ccccc3Sc3ccccc32)[C@H](C)N1C. The van der Waals surface area contributed by atoms with Crippen molar-refractivity contribution in [2.24, 2.45) is 5.92 Å². The van der Waals surface area contributed by atoms with Gasteiger partial charge in [0.15, 0.2) is 0 Å². The lowest BCUT2D eigenvalue weighted by atomic mass is 9.99. The van der Waals surface area contributed by atoms with E-state index in [1.54, 1.807) is 0 Å². The Morgan fingerprint density at radius 3 is 2.04 bits per heavy atom. The summed E-state index contributed by atoms with van der Waals surface area (Å²) in [5.74, 6) is 0.708. The fraction of sp³-hybridized carbons (Fsp3) is 0.400. The molecule has 0 radical (unpaired) electrons. The smallest absolute Gasteiger partial charge is 0.0552 e. The molecule has 0 aliphatic carbocycles. The summed E-state index contributed by atoms with van der Waals surface area (Å²) < 4.78 is 0. The molecule has 0 bridgehead atoms. The Balaban J connectivity index is 1.71. The van der Waals surface area contributed by atoms with Crippen LogP contribution in [0.25, 0.3) is 0 Å². The lowest BCUT2D eigenvalue weighted by Gasteiger charge is -2.35. The van der Waals surface area contributed by atoms with Crippen molar-refractivity contribution in [1.29, 1.82) is 0 Å². The maximum atomic E-state index is 2.55. The van der Waals surface area contributed by atoms with Crippen molar-refractivity contribution >= 4 is 23.1 Å². The molecule has 0 amide bonds. The van der Waals surface area contributed by atoms with Crippen LogP contribution < -0.4 is 4.90 Å². The highest BCUT2D eigenvalue weighted by Crippen LogP contribution is 2.48. The molecule has 2 aliphatic heterocycles. The minimum atomic E-state index is 0.638. The maximum Gasteiger partial charge on any atom is 0.0552 e. The first-order valence-corrected chi connectivity index (χ1v) is 9.32. The van der Waals surface area contributed by atoms with Crippen LogP contribution in [0.5, 0.6) is 0 Å². The van der Waals surface area contributed by atoms with Crippen molar-refractivity contribution in [3.05, 3.63) is 48.5 Å². The van der Waals surface area contributed by atoms with Gasteiger partial charge in [-0.2, -0.15) is 0 Å². The van der Waals surface area contributed by atoms with E-state index in [1.807, 2.05) is 11.8 Å². The summed E-state index contributed by atoms with van der Waals surface area (Å²) in [6, 6.07) is 19.0. The average molecular weight is 324 g/mol. The fourth-order valence-electron chi connectivity index (χ4n) is 3.97. The van der Waals surface area contributed by atoms with Crippen LogP contribution >= 0.6 is 11.8 Å². The van der Waals surface area contributed by atoms with Crippen LogP contribution in [-0.2, 0) is 0 Å². The molecule has 0 saturated carbocycles. The molecule has 4 rings (SSSR count). The van der Waals surface area contributed by atoms with Crippen molar-refractivity contribution in [2.45, 2.75) is 42.1 Å². The topological polar surface area (TPSA) is 6.48 Å². The number of fused-ring (bicyclic) bond motifs is 2. The predicted molar refractivity (Wildman–Crippen MR) is 98.8 cm³/mol. The van der Waals surface area contributed by atoms with Gasteiger partial charge in [0.2, 0.25) is 0 Å². The zero-order valence-electron chi connectivity index (χ0n) is 14.1. The molecule has 0 N–H and O–H groups in total. The molecule has 0 aromatic heterocycles. The molecule has 3 atom stereocenters. The van der Waals surface area contributed by atoms with E-state index in [1.165, 1.54) is 27.6 Å². The Kier molecular flexibility index (Phi) is 3.86. The molecular weight excluding hydrogens is 300 g/mol. The number of likely N-dealkylation sites (tertiary alicyclic amines) is 1. The summed E-state index contributed by atoms with van der Waals surface area (Å²) >= 11 is 1.89. The maximum absolute atomic E-state index is 2.55. The van der Waals surface area contributed by atoms with E-state index in [0.29, 0.717) is 18.0 Å². The van der Waals surface area contributed by atoms with Crippen molar-refractivity contribution in [3.8, 4) is 0 Å². The van der Waals surface area contributed by atoms with Crippen LogP contribution in [0, 0.1) is 5.92 Å². The predicted octanol–water partition coefficient (Wildman–Crippen LogP) is 5.02. The first-order chi connectivity index (χ1) is 11.1. The Morgan fingerprint density at radius 1 is 0.957 bits per heavy atom. The standard InChI is InChI=1S/C20H24N2S/c1-14-12-16(15(2)21(14)3)13-22-17-8-4-6-10-19(17)23-20-11-7-5-9-18(20)22/h4-11,14-16H,12-13H2,1-3H3/t14-,15-,16+/m0/s1. The first kappa shape index (κ1) is 15.1. The van der Waals surface area contributed by atoms with Crippen molar-refractivity contribution < 1.29 is 0 Å². The van der Waals surface area contributed by atoms with Crippen molar-refractivity contribution in [1.82, 2.24) is 4.90 Å². The van der Waals surface area contributed by atoms with Crippen LogP contribution in [0.4, 0.5) is 11.4 Å². The molecule has 2 heterocycles. The van der Waals surface area contributed by atoms with Gasteiger partial charge >= 0.3 is 0 Å². The van der Waals surface area contributed by atoms with Gasteiger partial charge in [-0.1, -0.05) is 36.0 Å². The van der Waals surface area contributed by atoms with Crippen LogP contribution in [0.15, 0.2) is 58.3 Å². The Morgan fingerprint density at radius 2 is 1.52 bits per heavy atom. The number of benzene rings is 2. The number of nitrogens with zero attached hydrogens (tertiary/aromatic N) is 2. The third kappa shape index (κ3) is 2.56. The number of hydrogen-bond acceptors (Lipinski definition) is 3. The summed E-state index contributed by atoms with van der Waals surface area (Å²) in [5.41, 5.74) is 2.73. The highest BCUT2D eigenvalue weighted by Gasteiger charge is 2.36. The molecular formula is C20H24N2S. The monoisotopic (exact) mass is 324 g/mol. The summed E-state index contributed by atoms with van der Waals surface area (Å²) in [5, 5.41) is 0. The molecule has 1 fully saturated rings. The number of hydrogen-bond donors (Lipinski definition) is 0. The van der Waals surface area contributed by atoms with Gasteiger partial charge in [-0.05, 0) is 57.5 Å². The van der Waals surface area contributed by atoms with Gasteiger partial charge < -0.3 is 9.80 Å². The normalized spacial score (nSPS) is 26.9. The largest absolute Gasteiger partial charge is 0.339 e. The summed E-state index contributed by atoms with van der Waals surface area (Å²) in [6.07, 6.45) is 1.28.